The van der Waals surface area contributed by atoms with Crippen LogP contribution < -0.4 is 16.0 Å². The molecule has 2 aromatic rings. The maximum Gasteiger partial charge on any atom is 0.331 e. The largest absolute Gasteiger partial charge is 0.481 e. The quantitative estimate of drug-likeness (QED) is 0.373. The van der Waals surface area contributed by atoms with Crippen LogP contribution in [0.5, 0.6) is 0 Å². The summed E-state index contributed by atoms with van der Waals surface area (Å²) in [6.07, 6.45) is 3.98. The summed E-state index contributed by atoms with van der Waals surface area (Å²) in [4.78, 5) is 23.6. The Morgan fingerprint density at radius 3 is 2.39 bits per heavy atom. The van der Waals surface area contributed by atoms with Crippen molar-refractivity contribution >= 4 is 29.4 Å². The van der Waals surface area contributed by atoms with E-state index < -0.39 is 17.9 Å². The molecule has 3 atom stereocenters. The predicted octanol–water partition coefficient (Wildman–Crippen LogP) is 3.36. The third-order valence-electron chi connectivity index (χ3n) is 6.61. The van der Waals surface area contributed by atoms with E-state index in [2.05, 4.69) is 16.0 Å². The first kappa shape index (κ1) is 23.0. The molecule has 2 aliphatic rings. The van der Waals surface area contributed by atoms with Crippen molar-refractivity contribution in [2.24, 2.45) is 17.8 Å². The molecule has 33 heavy (non-hydrogen) atoms. The van der Waals surface area contributed by atoms with Crippen molar-refractivity contribution in [1.29, 1.82) is 0 Å². The fourth-order valence-corrected chi connectivity index (χ4v) is 4.83. The Balaban J connectivity index is 1.48. The first-order valence-corrected chi connectivity index (χ1v) is 11.5. The zero-order valence-corrected chi connectivity index (χ0v) is 18.6. The van der Waals surface area contributed by atoms with Gasteiger partial charge in [-0.05, 0) is 86.3 Å². The molecule has 0 aromatic heterocycles. The van der Waals surface area contributed by atoms with Crippen LogP contribution in [-0.4, -0.2) is 48.3 Å². The lowest BCUT2D eigenvalue weighted by Crippen LogP contribution is -2.27. The normalized spacial score (nSPS) is 21.6. The third kappa shape index (κ3) is 6.00. The van der Waals surface area contributed by atoms with Crippen LogP contribution in [0, 0.1) is 17.8 Å². The Kier molecular flexibility index (Phi) is 7.42. The lowest BCUT2D eigenvalue weighted by molar-refractivity contribution is -0.143. The number of carbonyl (C=O) groups is 2. The Morgan fingerprint density at radius 2 is 1.73 bits per heavy atom. The summed E-state index contributed by atoms with van der Waals surface area (Å²) in [7, 11) is 0. The number of benzene rings is 2. The van der Waals surface area contributed by atoms with Gasteiger partial charge >= 0.3 is 11.9 Å². The van der Waals surface area contributed by atoms with Gasteiger partial charge in [-0.2, -0.15) is 0 Å². The maximum absolute atomic E-state index is 11.8. The SMILES string of the molecule is O=C(O)/C(=C/c1cccc(Nc2cccc(C[C@H](C(=O)O)[C@H]3CCNC3)c2)c1)[C@H]1CCNC1. The van der Waals surface area contributed by atoms with Gasteiger partial charge in [0.05, 0.1) is 5.92 Å². The summed E-state index contributed by atoms with van der Waals surface area (Å²) in [5.41, 5.74) is 3.98. The standard InChI is InChI=1S/C26H31N3O4/c30-25(31)23(19-7-9-27-15-19)13-17-3-1-5-21(11-17)29-22-6-2-4-18(12-22)14-24(26(32)33)20-8-10-28-16-20/h1-6,11-13,19-20,24,27-29H,7-10,14-16H2,(H,30,31)(H,32,33)/b23-13+/t19-,20-,24-/m0/s1. The molecule has 0 unspecified atom stereocenters. The van der Waals surface area contributed by atoms with Crippen molar-refractivity contribution in [3.8, 4) is 0 Å². The average Bonchev–Trinajstić information content (AvgIpc) is 3.50. The molecule has 2 aromatic carbocycles. The highest BCUT2D eigenvalue weighted by Gasteiger charge is 2.30. The van der Waals surface area contributed by atoms with Crippen molar-refractivity contribution in [2.75, 3.05) is 31.5 Å². The van der Waals surface area contributed by atoms with E-state index >= 15 is 0 Å². The Labute approximate surface area is 193 Å². The molecule has 0 aliphatic carbocycles. The van der Waals surface area contributed by atoms with Gasteiger partial charge in [0.15, 0.2) is 0 Å². The Morgan fingerprint density at radius 1 is 1.00 bits per heavy atom. The molecule has 5 N–H and O–H groups in total. The summed E-state index contributed by atoms with van der Waals surface area (Å²) >= 11 is 0. The molecule has 0 amide bonds. The van der Waals surface area contributed by atoms with E-state index in [1.54, 1.807) is 6.08 Å². The third-order valence-corrected chi connectivity index (χ3v) is 6.61. The molecule has 2 aliphatic heterocycles. The lowest BCUT2D eigenvalue weighted by atomic mass is 9.86. The molecule has 7 heteroatoms. The molecule has 2 fully saturated rings. The number of carboxylic acids is 2. The smallest absolute Gasteiger partial charge is 0.331 e. The van der Waals surface area contributed by atoms with Gasteiger partial charge in [0.1, 0.15) is 0 Å². The highest BCUT2D eigenvalue weighted by Crippen LogP contribution is 2.27. The van der Waals surface area contributed by atoms with Gasteiger partial charge in [-0.15, -0.1) is 0 Å². The second kappa shape index (κ2) is 10.6. The molecule has 2 heterocycles. The fourth-order valence-electron chi connectivity index (χ4n) is 4.83. The first-order valence-electron chi connectivity index (χ1n) is 11.5. The average molecular weight is 450 g/mol. The monoisotopic (exact) mass is 449 g/mol. The molecule has 0 saturated carbocycles. The van der Waals surface area contributed by atoms with Crippen LogP contribution in [0.2, 0.25) is 0 Å². The van der Waals surface area contributed by atoms with Gasteiger partial charge in [0.2, 0.25) is 0 Å². The highest BCUT2D eigenvalue weighted by atomic mass is 16.4. The summed E-state index contributed by atoms with van der Waals surface area (Å²) in [5, 5.41) is 29.3. The van der Waals surface area contributed by atoms with Crippen molar-refractivity contribution in [2.45, 2.75) is 19.3 Å². The number of carboxylic acid groups (broad SMARTS) is 2. The summed E-state index contributed by atoms with van der Waals surface area (Å²) < 4.78 is 0. The number of anilines is 2. The number of nitrogens with one attached hydrogen (secondary N) is 3. The summed E-state index contributed by atoms with van der Waals surface area (Å²) in [6.45, 7) is 3.16. The first-order chi connectivity index (χ1) is 16.0. The van der Waals surface area contributed by atoms with Crippen LogP contribution in [0.25, 0.3) is 6.08 Å². The van der Waals surface area contributed by atoms with E-state index in [0.29, 0.717) is 18.5 Å². The van der Waals surface area contributed by atoms with Gasteiger partial charge in [0.25, 0.3) is 0 Å². The molecular formula is C26H31N3O4. The number of rotatable bonds is 9. The zero-order valence-electron chi connectivity index (χ0n) is 18.6. The van der Waals surface area contributed by atoms with Crippen LogP contribution in [0.3, 0.4) is 0 Å². The molecule has 174 valence electrons. The van der Waals surface area contributed by atoms with Crippen LogP contribution in [0.4, 0.5) is 11.4 Å². The number of hydrogen-bond acceptors (Lipinski definition) is 5. The van der Waals surface area contributed by atoms with Crippen LogP contribution in [0.15, 0.2) is 54.1 Å². The highest BCUT2D eigenvalue weighted by molar-refractivity contribution is 5.93. The van der Waals surface area contributed by atoms with Crippen molar-refractivity contribution in [3.63, 3.8) is 0 Å². The summed E-state index contributed by atoms with van der Waals surface area (Å²) in [5.74, 6) is -1.84. The van der Waals surface area contributed by atoms with E-state index in [0.717, 1.165) is 55.0 Å². The van der Waals surface area contributed by atoms with Crippen molar-refractivity contribution in [3.05, 3.63) is 65.2 Å². The second-order valence-corrected chi connectivity index (χ2v) is 8.95. The number of hydrogen-bond donors (Lipinski definition) is 5. The Hall–Kier alpha value is -3.16. The van der Waals surface area contributed by atoms with Crippen molar-refractivity contribution in [1.82, 2.24) is 10.6 Å². The van der Waals surface area contributed by atoms with Gasteiger partial charge in [-0.1, -0.05) is 24.3 Å². The fraction of sp³-hybridized carbons (Fsp3) is 0.385. The van der Waals surface area contributed by atoms with Gasteiger partial charge in [-0.3, -0.25) is 4.79 Å². The second-order valence-electron chi connectivity index (χ2n) is 8.95. The van der Waals surface area contributed by atoms with E-state index in [4.69, 9.17) is 0 Å². The van der Waals surface area contributed by atoms with Crippen LogP contribution >= 0.6 is 0 Å². The molecule has 0 spiro atoms. The zero-order chi connectivity index (χ0) is 23.2. The molecule has 4 rings (SSSR count). The lowest BCUT2D eigenvalue weighted by Gasteiger charge is -2.19. The Bertz CT molecular complexity index is 1020. The molecule has 7 nitrogen and oxygen atoms in total. The minimum Gasteiger partial charge on any atom is -0.481 e. The van der Waals surface area contributed by atoms with Crippen molar-refractivity contribution < 1.29 is 19.8 Å². The minimum absolute atomic E-state index is 0.0213. The number of aliphatic carboxylic acids is 2. The van der Waals surface area contributed by atoms with Gasteiger partial charge in [-0.25, -0.2) is 4.79 Å². The minimum atomic E-state index is -0.875. The van der Waals surface area contributed by atoms with E-state index in [9.17, 15) is 19.8 Å². The molecule has 2 saturated heterocycles. The topological polar surface area (TPSA) is 111 Å². The van der Waals surface area contributed by atoms with E-state index in [-0.39, 0.29) is 11.8 Å². The van der Waals surface area contributed by atoms with Gasteiger partial charge in [0, 0.05) is 29.4 Å². The van der Waals surface area contributed by atoms with E-state index in [1.165, 1.54) is 0 Å². The molecule has 0 radical (unpaired) electrons. The molecular weight excluding hydrogens is 418 g/mol. The van der Waals surface area contributed by atoms with Gasteiger partial charge < -0.3 is 26.2 Å². The molecule has 0 bridgehead atoms. The van der Waals surface area contributed by atoms with Crippen LogP contribution in [0.1, 0.15) is 24.0 Å². The predicted molar refractivity (Wildman–Crippen MR) is 129 cm³/mol. The maximum atomic E-state index is 11.8. The van der Waals surface area contributed by atoms with Crippen LogP contribution in [-0.2, 0) is 16.0 Å². The van der Waals surface area contributed by atoms with E-state index in [1.807, 2.05) is 48.5 Å². The summed E-state index contributed by atoms with van der Waals surface area (Å²) in [6, 6.07) is 15.5.